The van der Waals surface area contributed by atoms with Crippen LogP contribution in [0, 0.1) is 0 Å². The molecule has 0 aromatic rings. The van der Waals surface area contributed by atoms with Crippen LogP contribution < -0.4 is 5.32 Å². The van der Waals surface area contributed by atoms with Crippen LogP contribution in [0.5, 0.6) is 0 Å². The maximum absolute atomic E-state index is 13.6. The summed E-state index contributed by atoms with van der Waals surface area (Å²) in [6.45, 7) is 1.74. The number of hydrogen-bond donors (Lipinski definition) is 12. The number of nitrogens with one attached hydrogen (secondary N) is 1. The van der Waals surface area contributed by atoms with Crippen LogP contribution in [0.3, 0.4) is 0 Å². The van der Waals surface area contributed by atoms with Crippen molar-refractivity contribution in [3.63, 3.8) is 0 Å². The maximum atomic E-state index is 13.6. The number of aliphatic hydroxyl groups excluding tert-OH is 11. The fourth-order valence-corrected chi connectivity index (χ4v) is 15.4. The summed E-state index contributed by atoms with van der Waals surface area (Å²) in [6, 6.07) is -0.891. The van der Waals surface area contributed by atoms with Crippen LogP contribution in [0.1, 0.15) is 373 Å². The molecule has 0 radical (unpaired) electrons. The molecule has 0 aromatic heterocycles. The van der Waals surface area contributed by atoms with Crippen LogP contribution in [-0.4, -0.2) is 193 Å². The van der Waals surface area contributed by atoms with Gasteiger partial charge in [-0.05, 0) is 70.6 Å². The lowest BCUT2D eigenvalue weighted by Gasteiger charge is -2.48. The zero-order valence-corrected chi connectivity index (χ0v) is 71.1. The van der Waals surface area contributed by atoms with Crippen LogP contribution in [0.25, 0.3) is 0 Å². The molecule has 17 unspecified atom stereocenters. The molecule has 0 spiro atoms. The SMILES string of the molecule is CC/C=C\C/C=C\C/C=C\C/C=C\C/C=C\C/C=C\C/C=C\CCCCCCCCCCCCCCCCCCCCCC(=O)NC(COC1OC(CO)C(OC2OC(CO)C(OC3OC(CO)C(O)C(O)C3O)C(O)C2O)C(O)C1O)C(O)CCCCCCCCCCCCCCCCCCCCCCCCCCCCC. The van der Waals surface area contributed by atoms with Crippen molar-refractivity contribution < 1.29 is 89.4 Å². The molecule has 0 aromatic carbocycles. The zero-order valence-electron chi connectivity index (χ0n) is 71.1. The molecule has 1 amide bonds. The first kappa shape index (κ1) is 104. The molecule has 113 heavy (non-hydrogen) atoms. The number of allylic oxidation sites excluding steroid dienone is 14. The maximum Gasteiger partial charge on any atom is 0.220 e. The summed E-state index contributed by atoms with van der Waals surface area (Å²) >= 11 is 0. The van der Waals surface area contributed by atoms with E-state index in [1.165, 1.54) is 250 Å². The van der Waals surface area contributed by atoms with E-state index in [0.717, 1.165) is 89.9 Å². The number of carbonyl (C=O) groups is 1. The van der Waals surface area contributed by atoms with Gasteiger partial charge in [0.1, 0.15) is 73.2 Å². The third-order valence-electron chi connectivity index (χ3n) is 22.7. The van der Waals surface area contributed by atoms with Crippen molar-refractivity contribution in [2.45, 2.75) is 478 Å². The van der Waals surface area contributed by atoms with Gasteiger partial charge in [0, 0.05) is 6.42 Å². The Bertz CT molecular complexity index is 2370. The number of amides is 1. The quantitative estimate of drug-likeness (QED) is 0.0199. The second kappa shape index (κ2) is 72.9. The Kier molecular flexibility index (Phi) is 67.2. The molecule has 3 rings (SSSR count). The summed E-state index contributed by atoms with van der Waals surface area (Å²) in [5.74, 6) is -0.237. The Hall–Kier alpha value is -3.03. The summed E-state index contributed by atoms with van der Waals surface area (Å²) in [6.07, 6.45) is 72.6. The van der Waals surface area contributed by atoms with Crippen molar-refractivity contribution in [3.05, 3.63) is 85.1 Å². The number of unbranched alkanes of at least 4 members (excludes halogenated alkanes) is 45. The smallest absolute Gasteiger partial charge is 0.220 e. The molecular formula is C94H169NO18. The van der Waals surface area contributed by atoms with Gasteiger partial charge >= 0.3 is 0 Å². The van der Waals surface area contributed by atoms with E-state index < -0.39 is 124 Å². The Balaban J connectivity index is 1.29. The van der Waals surface area contributed by atoms with Gasteiger partial charge in [-0.2, -0.15) is 0 Å². The van der Waals surface area contributed by atoms with Gasteiger partial charge in [0.05, 0.1) is 38.6 Å². The van der Waals surface area contributed by atoms with Crippen molar-refractivity contribution in [2.75, 3.05) is 26.4 Å². The predicted octanol–water partition coefficient (Wildman–Crippen LogP) is 18.1. The lowest BCUT2D eigenvalue weighted by Crippen LogP contribution is -2.66. The minimum absolute atomic E-state index is 0.237. The van der Waals surface area contributed by atoms with E-state index >= 15 is 0 Å². The highest BCUT2D eigenvalue weighted by molar-refractivity contribution is 5.76. The fraction of sp³-hybridized carbons (Fsp3) is 0.840. The van der Waals surface area contributed by atoms with E-state index in [2.05, 4.69) is 104 Å². The molecule has 3 saturated heterocycles. The number of hydrogen-bond acceptors (Lipinski definition) is 18. The molecule has 658 valence electrons. The average Bonchev–Trinajstić information content (AvgIpc) is 0.777. The molecule has 19 nitrogen and oxygen atoms in total. The average molecular weight is 1600 g/mol. The largest absolute Gasteiger partial charge is 0.394 e. The monoisotopic (exact) mass is 1600 g/mol. The molecule has 19 heteroatoms. The highest BCUT2D eigenvalue weighted by Gasteiger charge is 2.54. The molecule has 0 bridgehead atoms. The molecule has 3 aliphatic rings. The standard InChI is InChI=1S/C94H169NO18/c1-3-5-7-9-11-13-15-17-19-21-23-25-27-29-31-32-33-34-35-36-37-38-39-40-41-42-43-44-46-48-50-52-54-56-58-60-62-64-66-68-70-72-82(100)95-77(78(99)71-69-67-65-63-61-59-57-55-53-51-49-47-45-30-28-26-24-22-20-18-16-14-12-10-8-6-4-2)76-108-92-88(106)85(103)90(80(74-97)110-92)113-94-89(107)86(104)91(81(75-98)111-94)112-93-87(105)84(102)83(101)79(73-96)109-93/h5,7,11,13,17,19,23,25,29,31,33-34,36-37,77-81,83-94,96-99,101-107H,3-4,6,8-10,12,14-16,18,20-22,24,26-28,30,32,35,38-76H2,1-2H3,(H,95,100)/b7-5-,13-11-,19-17-,25-23-,31-29-,34-33-,37-36-. The molecular weight excluding hydrogens is 1430 g/mol. The van der Waals surface area contributed by atoms with Gasteiger partial charge in [0.2, 0.25) is 5.91 Å². The molecule has 17 atom stereocenters. The second-order valence-electron chi connectivity index (χ2n) is 32.7. The van der Waals surface area contributed by atoms with Gasteiger partial charge in [0.15, 0.2) is 18.9 Å². The number of rotatable bonds is 75. The Labute approximate surface area is 686 Å². The lowest BCUT2D eigenvalue weighted by molar-refractivity contribution is -0.379. The highest BCUT2D eigenvalue weighted by atomic mass is 16.8. The van der Waals surface area contributed by atoms with Gasteiger partial charge < -0.3 is 89.9 Å². The number of aliphatic hydroxyl groups is 11. The summed E-state index contributed by atoms with van der Waals surface area (Å²) in [5, 5.41) is 121. The number of carbonyl (C=O) groups excluding carboxylic acids is 1. The van der Waals surface area contributed by atoms with Crippen LogP contribution in [-0.2, 0) is 33.2 Å². The molecule has 0 saturated carbocycles. The summed E-state index contributed by atoms with van der Waals surface area (Å²) in [7, 11) is 0. The van der Waals surface area contributed by atoms with E-state index in [1.807, 2.05) is 0 Å². The first-order chi connectivity index (χ1) is 55.3. The zero-order chi connectivity index (χ0) is 81.7. The van der Waals surface area contributed by atoms with Gasteiger partial charge in [-0.1, -0.05) is 381 Å². The van der Waals surface area contributed by atoms with Gasteiger partial charge in [-0.15, -0.1) is 0 Å². The van der Waals surface area contributed by atoms with E-state index in [0.29, 0.717) is 12.8 Å². The molecule has 3 aliphatic heterocycles. The number of ether oxygens (including phenoxy) is 6. The third kappa shape index (κ3) is 51.3. The summed E-state index contributed by atoms with van der Waals surface area (Å²) in [4.78, 5) is 13.6. The van der Waals surface area contributed by atoms with Crippen molar-refractivity contribution in [1.82, 2.24) is 5.32 Å². The third-order valence-corrected chi connectivity index (χ3v) is 22.7. The van der Waals surface area contributed by atoms with Crippen LogP contribution in [0.2, 0.25) is 0 Å². The van der Waals surface area contributed by atoms with Crippen molar-refractivity contribution in [3.8, 4) is 0 Å². The first-order valence-corrected chi connectivity index (χ1v) is 46.3. The van der Waals surface area contributed by atoms with Gasteiger partial charge in [0.25, 0.3) is 0 Å². The van der Waals surface area contributed by atoms with Crippen LogP contribution in [0.15, 0.2) is 85.1 Å². The van der Waals surface area contributed by atoms with Gasteiger partial charge in [-0.25, -0.2) is 0 Å². The summed E-state index contributed by atoms with van der Waals surface area (Å²) < 4.78 is 34.6. The predicted molar refractivity (Wildman–Crippen MR) is 457 cm³/mol. The van der Waals surface area contributed by atoms with Crippen molar-refractivity contribution >= 4 is 5.91 Å². The Morgan fingerprint density at radius 1 is 0.327 bits per heavy atom. The van der Waals surface area contributed by atoms with E-state index in [4.69, 9.17) is 28.4 Å². The Morgan fingerprint density at radius 3 is 0.956 bits per heavy atom. The van der Waals surface area contributed by atoms with Gasteiger partial charge in [-0.3, -0.25) is 4.79 Å². The highest BCUT2D eigenvalue weighted by Crippen LogP contribution is 2.34. The molecule has 3 fully saturated rings. The molecule has 3 heterocycles. The minimum Gasteiger partial charge on any atom is -0.394 e. The fourth-order valence-electron chi connectivity index (χ4n) is 15.4. The normalized spacial score (nSPS) is 25.2. The van der Waals surface area contributed by atoms with Crippen molar-refractivity contribution in [2.24, 2.45) is 0 Å². The topological polar surface area (TPSA) is 307 Å². The lowest BCUT2D eigenvalue weighted by atomic mass is 9.96. The Morgan fingerprint density at radius 2 is 0.611 bits per heavy atom. The summed E-state index contributed by atoms with van der Waals surface area (Å²) in [5.41, 5.74) is 0. The second-order valence-corrected chi connectivity index (χ2v) is 32.7. The van der Waals surface area contributed by atoms with Crippen molar-refractivity contribution in [1.29, 1.82) is 0 Å². The first-order valence-electron chi connectivity index (χ1n) is 46.3. The van der Waals surface area contributed by atoms with Crippen LogP contribution in [0.4, 0.5) is 0 Å². The molecule has 0 aliphatic carbocycles. The minimum atomic E-state index is -1.98. The van der Waals surface area contributed by atoms with E-state index in [1.54, 1.807) is 0 Å². The van der Waals surface area contributed by atoms with Crippen LogP contribution >= 0.6 is 0 Å². The van der Waals surface area contributed by atoms with E-state index in [-0.39, 0.29) is 18.9 Å². The molecule has 12 N–H and O–H groups in total. The van der Waals surface area contributed by atoms with E-state index in [9.17, 15) is 61.0 Å².